The van der Waals surface area contributed by atoms with Crippen LogP contribution in [-0.4, -0.2) is 78.4 Å². The summed E-state index contributed by atoms with van der Waals surface area (Å²) in [4.78, 5) is 41.6. The second kappa shape index (κ2) is 9.34. The van der Waals surface area contributed by atoms with E-state index in [0.717, 1.165) is 5.56 Å². The molecule has 2 amide bonds. The molecule has 0 aliphatic carbocycles. The number of ether oxygens (including phenoxy) is 3. The van der Waals surface area contributed by atoms with Crippen LogP contribution in [0.15, 0.2) is 42.5 Å². The van der Waals surface area contributed by atoms with Gasteiger partial charge in [-0.3, -0.25) is 14.5 Å². The molecular formula is C25H28N2O7. The number of carbonyl (C=O) groups is 3. The van der Waals surface area contributed by atoms with Crippen LogP contribution in [0.1, 0.15) is 39.1 Å². The summed E-state index contributed by atoms with van der Waals surface area (Å²) >= 11 is 0. The first-order valence-electron chi connectivity index (χ1n) is 11.1. The van der Waals surface area contributed by atoms with E-state index in [-0.39, 0.29) is 18.4 Å². The van der Waals surface area contributed by atoms with Crippen molar-refractivity contribution in [1.82, 2.24) is 9.80 Å². The van der Waals surface area contributed by atoms with Crippen LogP contribution in [0.25, 0.3) is 0 Å². The lowest BCUT2D eigenvalue weighted by Gasteiger charge is -2.44. The third kappa shape index (κ3) is 4.19. The molecule has 0 radical (unpaired) electrons. The fraction of sp³-hybridized carbons (Fsp3) is 0.400. The van der Waals surface area contributed by atoms with Crippen molar-refractivity contribution < 1.29 is 33.7 Å². The predicted molar refractivity (Wildman–Crippen MR) is 122 cm³/mol. The van der Waals surface area contributed by atoms with E-state index in [4.69, 9.17) is 14.2 Å². The maximum Gasteiger partial charge on any atom is 0.328 e. The van der Waals surface area contributed by atoms with Gasteiger partial charge < -0.3 is 24.2 Å². The molecule has 2 aromatic rings. The van der Waals surface area contributed by atoms with Crippen molar-refractivity contribution in [3.8, 4) is 11.5 Å². The zero-order chi connectivity index (χ0) is 24.5. The molecule has 0 aromatic heterocycles. The van der Waals surface area contributed by atoms with Gasteiger partial charge in [0.05, 0.1) is 20.8 Å². The van der Waals surface area contributed by atoms with E-state index in [9.17, 15) is 19.5 Å². The zero-order valence-electron chi connectivity index (χ0n) is 19.4. The Labute approximate surface area is 197 Å². The highest BCUT2D eigenvalue weighted by Gasteiger charge is 2.54. The van der Waals surface area contributed by atoms with E-state index in [1.54, 1.807) is 41.3 Å². The second-order valence-corrected chi connectivity index (χ2v) is 8.52. The van der Waals surface area contributed by atoms with Gasteiger partial charge in [-0.2, -0.15) is 0 Å². The van der Waals surface area contributed by atoms with Crippen LogP contribution in [0.4, 0.5) is 0 Å². The molecular weight excluding hydrogens is 440 g/mol. The van der Waals surface area contributed by atoms with Gasteiger partial charge in [-0.15, -0.1) is 0 Å². The maximum atomic E-state index is 13.4. The summed E-state index contributed by atoms with van der Waals surface area (Å²) in [7, 11) is 3.03. The van der Waals surface area contributed by atoms with E-state index < -0.39 is 17.7 Å². The van der Waals surface area contributed by atoms with Gasteiger partial charge in [-0.05, 0) is 37.3 Å². The first kappa shape index (κ1) is 23.6. The first-order chi connectivity index (χ1) is 16.3. The molecule has 2 aliphatic heterocycles. The van der Waals surface area contributed by atoms with Crippen molar-refractivity contribution in [3.05, 3.63) is 59.2 Å². The van der Waals surface area contributed by atoms with E-state index in [1.807, 2.05) is 13.0 Å². The normalized spacial score (nSPS) is 19.2. The number of carboxylic acids is 1. The molecule has 1 atom stereocenters. The average molecular weight is 469 g/mol. The molecule has 1 spiro atoms. The maximum absolute atomic E-state index is 13.4. The Hall–Kier alpha value is -3.59. The number of likely N-dealkylation sites (tertiary alicyclic amines) is 1. The van der Waals surface area contributed by atoms with Gasteiger partial charge in [-0.1, -0.05) is 17.7 Å². The summed E-state index contributed by atoms with van der Waals surface area (Å²) in [6, 6.07) is 11.0. The molecule has 2 aliphatic rings. The Kier molecular flexibility index (Phi) is 6.47. The van der Waals surface area contributed by atoms with Crippen molar-refractivity contribution in [2.45, 2.75) is 31.5 Å². The Morgan fingerprint density at radius 3 is 2.26 bits per heavy atom. The Bertz CT molecular complexity index is 1110. The Morgan fingerprint density at radius 1 is 0.971 bits per heavy atom. The summed E-state index contributed by atoms with van der Waals surface area (Å²) in [6.45, 7) is 2.42. The van der Waals surface area contributed by atoms with Crippen molar-refractivity contribution in [3.63, 3.8) is 0 Å². The van der Waals surface area contributed by atoms with Crippen molar-refractivity contribution in [1.29, 1.82) is 0 Å². The van der Waals surface area contributed by atoms with Crippen LogP contribution in [0.2, 0.25) is 0 Å². The monoisotopic (exact) mass is 468 g/mol. The summed E-state index contributed by atoms with van der Waals surface area (Å²) in [5.41, 5.74) is 0.706. The van der Waals surface area contributed by atoms with Crippen LogP contribution in [-0.2, 0) is 9.53 Å². The van der Waals surface area contributed by atoms with E-state index >= 15 is 0 Å². The largest absolute Gasteiger partial charge is 0.493 e. The number of piperidine rings is 1. The minimum Gasteiger partial charge on any atom is -0.493 e. The average Bonchev–Trinajstić information content (AvgIpc) is 3.21. The van der Waals surface area contributed by atoms with E-state index in [1.165, 1.54) is 19.1 Å². The number of methoxy groups -OCH3 is 2. The molecule has 1 unspecified atom stereocenters. The van der Waals surface area contributed by atoms with Crippen molar-refractivity contribution in [2.24, 2.45) is 0 Å². The minimum atomic E-state index is -1.11. The lowest BCUT2D eigenvalue weighted by atomic mass is 9.96. The number of hydrogen-bond donors (Lipinski definition) is 1. The molecule has 9 heteroatoms. The number of carboxylic acid groups (broad SMARTS) is 1. The fourth-order valence-electron chi connectivity index (χ4n) is 4.68. The standard InChI is InChI=1S/C25H28N2O7/c1-16-5-4-6-17(13-16)23(29)27-19(24(30)31)15-34-25(27)9-11-26(12-10-25)22(28)18-7-8-20(32-2)21(14-18)33-3/h4-8,13-14,19H,9-12,15H2,1-3H3,(H,30,31). The van der Waals surface area contributed by atoms with Crippen LogP contribution >= 0.6 is 0 Å². The highest BCUT2D eigenvalue weighted by atomic mass is 16.5. The number of aliphatic carboxylic acids is 1. The Balaban J connectivity index is 1.55. The highest BCUT2D eigenvalue weighted by Crippen LogP contribution is 2.39. The summed E-state index contributed by atoms with van der Waals surface area (Å²) < 4.78 is 16.5. The Morgan fingerprint density at radius 2 is 1.65 bits per heavy atom. The number of benzene rings is 2. The number of carbonyl (C=O) groups excluding carboxylic acids is 2. The SMILES string of the molecule is COc1ccc(C(=O)N2CCC3(CC2)OCC(C(=O)O)N3C(=O)c2cccc(C)c2)cc1OC. The third-order valence-corrected chi connectivity index (χ3v) is 6.49. The molecule has 2 aromatic carbocycles. The number of aryl methyl sites for hydroxylation is 1. The van der Waals surface area contributed by atoms with Gasteiger partial charge in [0.2, 0.25) is 0 Å². The number of nitrogens with zero attached hydrogens (tertiary/aromatic N) is 2. The molecule has 0 saturated carbocycles. The van der Waals surface area contributed by atoms with Crippen LogP contribution in [0.5, 0.6) is 11.5 Å². The molecule has 34 heavy (non-hydrogen) atoms. The molecule has 2 heterocycles. The van der Waals surface area contributed by atoms with Gasteiger partial charge in [0.15, 0.2) is 17.5 Å². The predicted octanol–water partition coefficient (Wildman–Crippen LogP) is 2.57. The number of hydrogen-bond acceptors (Lipinski definition) is 6. The minimum absolute atomic E-state index is 0.0868. The van der Waals surface area contributed by atoms with Gasteiger partial charge in [-0.25, -0.2) is 4.79 Å². The quantitative estimate of drug-likeness (QED) is 0.719. The summed E-state index contributed by atoms with van der Waals surface area (Å²) in [5.74, 6) is -0.684. The number of amides is 2. The summed E-state index contributed by atoms with van der Waals surface area (Å²) in [6.07, 6.45) is 0.626. The molecule has 9 nitrogen and oxygen atoms in total. The van der Waals surface area contributed by atoms with Gasteiger partial charge in [0.1, 0.15) is 5.72 Å². The highest BCUT2D eigenvalue weighted by molar-refractivity contribution is 5.98. The topological polar surface area (TPSA) is 106 Å². The summed E-state index contributed by atoms with van der Waals surface area (Å²) in [5, 5.41) is 9.77. The van der Waals surface area contributed by atoms with Crippen LogP contribution in [0, 0.1) is 6.92 Å². The number of rotatable bonds is 5. The first-order valence-corrected chi connectivity index (χ1v) is 11.1. The van der Waals surface area contributed by atoms with Crippen molar-refractivity contribution >= 4 is 17.8 Å². The lowest BCUT2D eigenvalue weighted by molar-refractivity contribution is -0.143. The third-order valence-electron chi connectivity index (χ3n) is 6.49. The van der Waals surface area contributed by atoms with E-state index in [0.29, 0.717) is 48.6 Å². The molecule has 4 rings (SSSR count). The van der Waals surface area contributed by atoms with Crippen LogP contribution in [0.3, 0.4) is 0 Å². The molecule has 180 valence electrons. The molecule has 2 saturated heterocycles. The smallest absolute Gasteiger partial charge is 0.328 e. The molecule has 1 N–H and O–H groups in total. The fourth-order valence-corrected chi connectivity index (χ4v) is 4.68. The zero-order valence-corrected chi connectivity index (χ0v) is 19.4. The van der Waals surface area contributed by atoms with Gasteiger partial charge in [0.25, 0.3) is 11.8 Å². The lowest BCUT2D eigenvalue weighted by Crippen LogP contribution is -2.58. The molecule has 2 fully saturated rings. The van der Waals surface area contributed by atoms with Gasteiger partial charge in [0, 0.05) is 37.1 Å². The van der Waals surface area contributed by atoms with E-state index in [2.05, 4.69) is 0 Å². The second-order valence-electron chi connectivity index (χ2n) is 8.52. The van der Waals surface area contributed by atoms with Crippen molar-refractivity contribution in [2.75, 3.05) is 33.9 Å². The molecule has 0 bridgehead atoms. The van der Waals surface area contributed by atoms with Gasteiger partial charge >= 0.3 is 5.97 Å². The van der Waals surface area contributed by atoms with Crippen LogP contribution < -0.4 is 9.47 Å².